The maximum absolute atomic E-state index is 10.6. The fourth-order valence-corrected chi connectivity index (χ4v) is 0.949. The van der Waals surface area contributed by atoms with Crippen LogP contribution in [0.3, 0.4) is 0 Å². The number of ether oxygens (including phenoxy) is 1. The molecule has 0 N–H and O–H groups in total. The number of carbonyl (C=O) groups excluding carboxylic acids is 1. The van der Waals surface area contributed by atoms with E-state index in [1.54, 1.807) is 7.11 Å². The zero-order valence-corrected chi connectivity index (χ0v) is 8.06. The highest BCUT2D eigenvalue weighted by molar-refractivity contribution is 7.96. The van der Waals surface area contributed by atoms with Crippen LogP contribution in [-0.4, -0.2) is 18.8 Å². The molecule has 0 amide bonds. The fourth-order valence-electron chi connectivity index (χ4n) is 0.820. The molecule has 0 bridgehead atoms. The molecule has 0 saturated carbocycles. The summed E-state index contributed by atoms with van der Waals surface area (Å²) in [6.07, 6.45) is 2.99. The van der Waals surface area contributed by atoms with Crippen molar-refractivity contribution in [2.24, 2.45) is 5.92 Å². The molecule has 0 aromatic rings. The molecule has 0 aliphatic carbocycles. The van der Waals surface area contributed by atoms with Crippen LogP contribution in [0.2, 0.25) is 0 Å². The van der Waals surface area contributed by atoms with Crippen LogP contribution in [-0.2, 0) is 9.53 Å². The smallest absolute Gasteiger partial charge is 0.188 e. The Morgan fingerprint density at radius 2 is 2.18 bits per heavy atom. The summed E-state index contributed by atoms with van der Waals surface area (Å²) in [4.78, 5) is 10.6. The second-order valence-electron chi connectivity index (χ2n) is 2.73. The van der Waals surface area contributed by atoms with E-state index >= 15 is 0 Å². The van der Waals surface area contributed by atoms with Gasteiger partial charge >= 0.3 is 0 Å². The quantitative estimate of drug-likeness (QED) is 0.494. The molecule has 1 unspecified atom stereocenters. The number of methoxy groups -OCH3 is 1. The third-order valence-electron chi connectivity index (χ3n) is 1.66. The fraction of sp³-hybridized carbons (Fsp3) is 0.875. The molecule has 0 aliphatic rings. The van der Waals surface area contributed by atoms with Crippen LogP contribution in [0.5, 0.6) is 0 Å². The van der Waals surface area contributed by atoms with Crippen LogP contribution < -0.4 is 0 Å². The van der Waals surface area contributed by atoms with Crippen molar-refractivity contribution >= 4 is 17.7 Å². The predicted octanol–water partition coefficient (Wildman–Crippen LogP) is 1.90. The minimum absolute atomic E-state index is 0.0117. The molecule has 66 valence electrons. The summed E-state index contributed by atoms with van der Waals surface area (Å²) < 4.78 is 4.88. The van der Waals surface area contributed by atoms with E-state index in [1.165, 1.54) is 0 Å². The highest BCUT2D eigenvalue weighted by Crippen LogP contribution is 2.10. The number of rotatable bonds is 6. The number of carbonyl (C=O) groups is 1. The van der Waals surface area contributed by atoms with E-state index in [0.717, 1.165) is 25.9 Å². The lowest BCUT2D eigenvalue weighted by Gasteiger charge is -2.04. The van der Waals surface area contributed by atoms with Gasteiger partial charge in [0.2, 0.25) is 0 Å². The van der Waals surface area contributed by atoms with Crippen LogP contribution in [0.4, 0.5) is 0 Å². The lowest BCUT2D eigenvalue weighted by Crippen LogP contribution is -2.03. The highest BCUT2D eigenvalue weighted by atomic mass is 32.1. The molecular formula is C8H16O2S. The summed E-state index contributed by atoms with van der Waals surface area (Å²) in [6, 6.07) is 0. The number of hydrogen-bond donors (Lipinski definition) is 1. The molecule has 3 heteroatoms. The zero-order chi connectivity index (χ0) is 8.69. The first-order valence-corrected chi connectivity index (χ1v) is 4.35. The molecule has 2 nitrogen and oxygen atoms in total. The molecule has 0 aliphatic heterocycles. The molecule has 0 rings (SSSR count). The van der Waals surface area contributed by atoms with Gasteiger partial charge in [0, 0.05) is 19.6 Å². The van der Waals surface area contributed by atoms with Gasteiger partial charge in [0.1, 0.15) is 0 Å². The van der Waals surface area contributed by atoms with Crippen LogP contribution in [0.1, 0.15) is 26.2 Å². The molecular weight excluding hydrogens is 160 g/mol. The van der Waals surface area contributed by atoms with Crippen LogP contribution in [0.15, 0.2) is 0 Å². The first-order valence-electron chi connectivity index (χ1n) is 3.90. The Balaban J connectivity index is 3.17. The average Bonchev–Trinajstić information content (AvgIpc) is 1.97. The normalized spacial score (nSPS) is 13.0. The summed E-state index contributed by atoms with van der Waals surface area (Å²) in [5.74, 6) is 0.0928. The third kappa shape index (κ3) is 6.38. The summed E-state index contributed by atoms with van der Waals surface area (Å²) in [6.45, 7) is 2.69. The number of hydrogen-bond acceptors (Lipinski definition) is 2. The minimum Gasteiger partial charge on any atom is -0.385 e. The maximum Gasteiger partial charge on any atom is 0.188 e. The van der Waals surface area contributed by atoms with Gasteiger partial charge in [0.05, 0.1) is 0 Å². The standard InChI is InChI=1S/C8H16O2S/c1-7(8(9)11)5-3-4-6-10-2/h7H,3-6H2,1-2H3,(H,9,11). The molecule has 0 fully saturated rings. The summed E-state index contributed by atoms with van der Waals surface area (Å²) in [5.41, 5.74) is 0. The Kier molecular flexibility index (Phi) is 6.66. The Labute approximate surface area is 73.7 Å². The Bertz CT molecular complexity index is 115. The lowest BCUT2D eigenvalue weighted by molar-refractivity contribution is -0.113. The highest BCUT2D eigenvalue weighted by Gasteiger charge is 2.06. The van der Waals surface area contributed by atoms with Crippen LogP contribution >= 0.6 is 12.6 Å². The Morgan fingerprint density at radius 3 is 2.64 bits per heavy atom. The van der Waals surface area contributed by atoms with Gasteiger partial charge in [0.15, 0.2) is 5.12 Å². The van der Waals surface area contributed by atoms with E-state index in [9.17, 15) is 4.79 Å². The Hall–Kier alpha value is -0.0200. The van der Waals surface area contributed by atoms with E-state index in [0.29, 0.717) is 0 Å². The van der Waals surface area contributed by atoms with Crippen molar-refractivity contribution in [2.75, 3.05) is 13.7 Å². The average molecular weight is 176 g/mol. The molecule has 0 aromatic heterocycles. The van der Waals surface area contributed by atoms with Gasteiger partial charge in [0.25, 0.3) is 0 Å². The van der Waals surface area contributed by atoms with E-state index < -0.39 is 0 Å². The van der Waals surface area contributed by atoms with Crippen molar-refractivity contribution in [3.63, 3.8) is 0 Å². The van der Waals surface area contributed by atoms with Gasteiger partial charge in [-0.05, 0) is 12.8 Å². The largest absolute Gasteiger partial charge is 0.385 e. The van der Waals surface area contributed by atoms with Crippen LogP contribution in [0.25, 0.3) is 0 Å². The van der Waals surface area contributed by atoms with Crippen molar-refractivity contribution in [3.8, 4) is 0 Å². The van der Waals surface area contributed by atoms with Gasteiger partial charge in [-0.25, -0.2) is 0 Å². The van der Waals surface area contributed by atoms with Crippen molar-refractivity contribution in [2.45, 2.75) is 26.2 Å². The van der Waals surface area contributed by atoms with Gasteiger partial charge in [-0.3, -0.25) is 4.79 Å². The summed E-state index contributed by atoms with van der Waals surface area (Å²) >= 11 is 3.75. The lowest BCUT2D eigenvalue weighted by atomic mass is 10.1. The minimum atomic E-state index is -0.0117. The van der Waals surface area contributed by atoms with Crippen LogP contribution in [0, 0.1) is 5.92 Å². The maximum atomic E-state index is 10.6. The molecule has 0 saturated heterocycles. The number of unbranched alkanes of at least 4 members (excludes halogenated alkanes) is 1. The second-order valence-corrected chi connectivity index (χ2v) is 3.17. The van der Waals surface area contributed by atoms with Gasteiger partial charge in [-0.1, -0.05) is 13.3 Å². The summed E-state index contributed by atoms with van der Waals surface area (Å²) in [7, 11) is 1.69. The summed E-state index contributed by atoms with van der Waals surface area (Å²) in [5, 5.41) is -0.0117. The predicted molar refractivity (Wildman–Crippen MR) is 48.9 cm³/mol. The zero-order valence-electron chi connectivity index (χ0n) is 7.17. The third-order valence-corrected chi connectivity index (χ3v) is 2.10. The van der Waals surface area contributed by atoms with E-state index in [2.05, 4.69) is 12.6 Å². The van der Waals surface area contributed by atoms with E-state index in [4.69, 9.17) is 4.74 Å². The topological polar surface area (TPSA) is 26.3 Å². The van der Waals surface area contributed by atoms with Crippen molar-refractivity contribution < 1.29 is 9.53 Å². The second kappa shape index (κ2) is 6.68. The first-order chi connectivity index (χ1) is 5.18. The monoisotopic (exact) mass is 176 g/mol. The van der Waals surface area contributed by atoms with Gasteiger partial charge < -0.3 is 4.74 Å². The van der Waals surface area contributed by atoms with Crippen molar-refractivity contribution in [1.82, 2.24) is 0 Å². The molecule has 1 atom stereocenters. The molecule has 0 radical (unpaired) electrons. The SMILES string of the molecule is COCCCCC(C)C(=O)S. The van der Waals surface area contributed by atoms with Crippen molar-refractivity contribution in [1.29, 1.82) is 0 Å². The van der Waals surface area contributed by atoms with E-state index in [-0.39, 0.29) is 11.0 Å². The van der Waals surface area contributed by atoms with Gasteiger partial charge in [-0.2, -0.15) is 0 Å². The van der Waals surface area contributed by atoms with Crippen molar-refractivity contribution in [3.05, 3.63) is 0 Å². The number of thiol groups is 1. The van der Waals surface area contributed by atoms with Gasteiger partial charge in [-0.15, -0.1) is 12.6 Å². The molecule has 0 spiro atoms. The molecule has 0 aromatic carbocycles. The Morgan fingerprint density at radius 1 is 1.55 bits per heavy atom. The molecule has 11 heavy (non-hydrogen) atoms. The molecule has 0 heterocycles. The first kappa shape index (κ1) is 11.0. The van der Waals surface area contributed by atoms with E-state index in [1.807, 2.05) is 6.92 Å².